The van der Waals surface area contributed by atoms with Crippen LogP contribution in [-0.2, 0) is 4.79 Å². The fourth-order valence-electron chi connectivity index (χ4n) is 3.48. The van der Waals surface area contributed by atoms with Crippen LogP contribution in [0, 0.1) is 11.7 Å². The first kappa shape index (κ1) is 19.9. The molecule has 5 nitrogen and oxygen atoms in total. The lowest BCUT2D eigenvalue weighted by atomic mass is 10.1. The number of urea groups is 1. The Kier molecular flexibility index (Phi) is 7.00. The van der Waals surface area contributed by atoms with E-state index in [1.165, 1.54) is 12.1 Å². The van der Waals surface area contributed by atoms with Gasteiger partial charge in [-0.2, -0.15) is 0 Å². The van der Waals surface area contributed by atoms with Crippen LogP contribution in [0.1, 0.15) is 32.1 Å². The second-order valence-corrected chi connectivity index (χ2v) is 7.02. The van der Waals surface area contributed by atoms with Gasteiger partial charge in [-0.3, -0.25) is 9.69 Å². The Morgan fingerprint density at radius 1 is 1.00 bits per heavy atom. The molecular formula is C22H26FN3O2. The van der Waals surface area contributed by atoms with Crippen molar-refractivity contribution in [3.8, 4) is 0 Å². The smallest absolute Gasteiger partial charge is 0.326 e. The zero-order valence-corrected chi connectivity index (χ0v) is 15.9. The van der Waals surface area contributed by atoms with Crippen molar-refractivity contribution in [2.24, 2.45) is 5.92 Å². The summed E-state index contributed by atoms with van der Waals surface area (Å²) in [5.41, 5.74) is 0.862. The topological polar surface area (TPSA) is 61.4 Å². The molecule has 2 aromatic carbocycles. The van der Waals surface area contributed by atoms with Gasteiger partial charge in [-0.25, -0.2) is 9.18 Å². The minimum Gasteiger partial charge on any atom is -0.356 e. The second-order valence-electron chi connectivity index (χ2n) is 7.02. The highest BCUT2D eigenvalue weighted by Gasteiger charge is 2.22. The molecule has 0 radical (unpaired) electrons. The Hall–Kier alpha value is -2.89. The molecule has 1 saturated carbocycles. The van der Waals surface area contributed by atoms with Crippen molar-refractivity contribution >= 4 is 23.3 Å². The zero-order valence-electron chi connectivity index (χ0n) is 15.9. The number of para-hydroxylation sites is 2. The number of benzene rings is 2. The number of carbonyl (C=O) groups is 2. The molecule has 0 heterocycles. The molecule has 0 unspecified atom stereocenters. The molecule has 0 aliphatic heterocycles. The third kappa shape index (κ3) is 5.31. The monoisotopic (exact) mass is 383 g/mol. The molecule has 2 N–H and O–H groups in total. The molecular weight excluding hydrogens is 357 g/mol. The van der Waals surface area contributed by atoms with Gasteiger partial charge < -0.3 is 10.6 Å². The number of rotatable bonds is 7. The summed E-state index contributed by atoms with van der Waals surface area (Å²) >= 11 is 0. The molecule has 0 aromatic heterocycles. The third-order valence-electron chi connectivity index (χ3n) is 5.01. The van der Waals surface area contributed by atoms with E-state index in [4.69, 9.17) is 0 Å². The van der Waals surface area contributed by atoms with E-state index < -0.39 is 11.8 Å². The highest BCUT2D eigenvalue weighted by molar-refractivity contribution is 6.01. The molecule has 3 rings (SSSR count). The standard InChI is InChI=1S/C22H26FN3O2/c23-19-13-6-7-14-20(19)25-22(28)26(18-11-2-1-3-12-18)16-8-15-24-21(27)17-9-4-5-10-17/h1-3,6-7,11-14,17H,4-5,8-10,15-16H2,(H,24,27)(H,25,28). The Balaban J connectivity index is 1.58. The van der Waals surface area contributed by atoms with E-state index in [2.05, 4.69) is 10.6 Å². The summed E-state index contributed by atoms with van der Waals surface area (Å²) in [4.78, 5) is 26.5. The fourth-order valence-corrected chi connectivity index (χ4v) is 3.48. The Bertz CT molecular complexity index is 791. The SMILES string of the molecule is O=C(NCCCN(C(=O)Nc1ccccc1F)c1ccccc1)C1CCCC1. The van der Waals surface area contributed by atoms with Crippen molar-refractivity contribution in [2.45, 2.75) is 32.1 Å². The van der Waals surface area contributed by atoms with Crippen molar-refractivity contribution in [1.29, 1.82) is 0 Å². The van der Waals surface area contributed by atoms with Gasteiger partial charge in [-0.15, -0.1) is 0 Å². The molecule has 1 aliphatic carbocycles. The van der Waals surface area contributed by atoms with Crippen LogP contribution < -0.4 is 15.5 Å². The average molecular weight is 383 g/mol. The minimum absolute atomic E-state index is 0.111. The highest BCUT2D eigenvalue weighted by atomic mass is 19.1. The van der Waals surface area contributed by atoms with Gasteiger partial charge in [0.1, 0.15) is 5.82 Å². The first-order chi connectivity index (χ1) is 13.6. The maximum atomic E-state index is 13.9. The predicted octanol–water partition coefficient (Wildman–Crippen LogP) is 4.56. The fraction of sp³-hybridized carbons (Fsp3) is 0.364. The molecule has 148 valence electrons. The molecule has 28 heavy (non-hydrogen) atoms. The quantitative estimate of drug-likeness (QED) is 0.689. The zero-order chi connectivity index (χ0) is 19.8. The summed E-state index contributed by atoms with van der Waals surface area (Å²) in [5.74, 6) is -0.234. The lowest BCUT2D eigenvalue weighted by molar-refractivity contribution is -0.124. The van der Waals surface area contributed by atoms with Crippen LogP contribution in [0.25, 0.3) is 0 Å². The van der Waals surface area contributed by atoms with Gasteiger partial charge >= 0.3 is 6.03 Å². The second kappa shape index (κ2) is 9.88. The van der Waals surface area contributed by atoms with Crippen LogP contribution in [0.2, 0.25) is 0 Å². The molecule has 1 fully saturated rings. The summed E-state index contributed by atoms with van der Waals surface area (Å²) in [6.45, 7) is 0.918. The van der Waals surface area contributed by atoms with Gasteiger partial charge in [-0.05, 0) is 43.5 Å². The van der Waals surface area contributed by atoms with E-state index >= 15 is 0 Å². The van der Waals surface area contributed by atoms with Gasteiger partial charge in [-0.1, -0.05) is 43.2 Å². The van der Waals surface area contributed by atoms with Gasteiger partial charge in [0.05, 0.1) is 5.69 Å². The molecule has 3 amide bonds. The maximum absolute atomic E-state index is 13.9. The Morgan fingerprint density at radius 2 is 1.68 bits per heavy atom. The number of nitrogens with zero attached hydrogens (tertiary/aromatic N) is 1. The first-order valence-electron chi connectivity index (χ1n) is 9.81. The molecule has 0 saturated heterocycles. The van der Waals surface area contributed by atoms with Crippen LogP contribution >= 0.6 is 0 Å². The number of carbonyl (C=O) groups excluding carboxylic acids is 2. The molecule has 0 spiro atoms. The molecule has 1 aliphatic rings. The average Bonchev–Trinajstić information content (AvgIpc) is 3.25. The minimum atomic E-state index is -0.479. The number of anilines is 2. The van der Waals surface area contributed by atoms with Gasteiger partial charge in [0.25, 0.3) is 0 Å². The molecule has 6 heteroatoms. The van der Waals surface area contributed by atoms with Crippen molar-refractivity contribution < 1.29 is 14.0 Å². The van der Waals surface area contributed by atoms with E-state index in [-0.39, 0.29) is 17.5 Å². The third-order valence-corrected chi connectivity index (χ3v) is 5.01. The van der Waals surface area contributed by atoms with Crippen molar-refractivity contribution in [1.82, 2.24) is 5.32 Å². The van der Waals surface area contributed by atoms with E-state index in [9.17, 15) is 14.0 Å². The summed E-state index contributed by atoms with van der Waals surface area (Å²) in [6.07, 6.45) is 4.78. The summed E-state index contributed by atoms with van der Waals surface area (Å²) in [5, 5.41) is 5.60. The normalized spacial score (nSPS) is 13.9. The van der Waals surface area contributed by atoms with Crippen LogP contribution in [0.3, 0.4) is 0 Å². The molecule has 0 atom stereocenters. The van der Waals surface area contributed by atoms with Crippen molar-refractivity contribution in [3.05, 3.63) is 60.4 Å². The number of hydrogen-bond donors (Lipinski definition) is 2. The maximum Gasteiger partial charge on any atom is 0.326 e. The number of halogens is 1. The van der Waals surface area contributed by atoms with Gasteiger partial charge in [0, 0.05) is 24.7 Å². The van der Waals surface area contributed by atoms with Crippen molar-refractivity contribution in [2.75, 3.05) is 23.3 Å². The lowest BCUT2D eigenvalue weighted by Crippen LogP contribution is -2.38. The molecule has 0 bridgehead atoms. The lowest BCUT2D eigenvalue weighted by Gasteiger charge is -2.23. The van der Waals surface area contributed by atoms with Crippen LogP contribution in [-0.4, -0.2) is 25.0 Å². The highest BCUT2D eigenvalue weighted by Crippen LogP contribution is 2.24. The Morgan fingerprint density at radius 3 is 2.39 bits per heavy atom. The van der Waals surface area contributed by atoms with Crippen LogP contribution in [0.5, 0.6) is 0 Å². The van der Waals surface area contributed by atoms with Crippen molar-refractivity contribution in [3.63, 3.8) is 0 Å². The number of nitrogens with one attached hydrogen (secondary N) is 2. The van der Waals surface area contributed by atoms with E-state index in [1.54, 1.807) is 17.0 Å². The van der Waals surface area contributed by atoms with Gasteiger partial charge in [0.15, 0.2) is 0 Å². The summed E-state index contributed by atoms with van der Waals surface area (Å²) < 4.78 is 13.9. The van der Waals surface area contributed by atoms with E-state index in [0.717, 1.165) is 31.4 Å². The van der Waals surface area contributed by atoms with E-state index in [1.807, 2.05) is 30.3 Å². The number of hydrogen-bond acceptors (Lipinski definition) is 2. The van der Waals surface area contributed by atoms with Crippen LogP contribution in [0.4, 0.5) is 20.6 Å². The van der Waals surface area contributed by atoms with Crippen LogP contribution in [0.15, 0.2) is 54.6 Å². The first-order valence-corrected chi connectivity index (χ1v) is 9.81. The molecule has 2 aromatic rings. The predicted molar refractivity (Wildman–Crippen MR) is 109 cm³/mol. The van der Waals surface area contributed by atoms with E-state index in [0.29, 0.717) is 19.5 Å². The summed E-state index contributed by atoms with van der Waals surface area (Å²) in [7, 11) is 0. The Labute approximate surface area is 164 Å². The number of amides is 3. The summed E-state index contributed by atoms with van der Waals surface area (Å²) in [6, 6.07) is 14.9. The largest absolute Gasteiger partial charge is 0.356 e. The van der Waals surface area contributed by atoms with Gasteiger partial charge in [0.2, 0.25) is 5.91 Å².